The number of rotatable bonds is 4. The lowest BCUT2D eigenvalue weighted by Gasteiger charge is -2.03. The zero-order valence-electron chi connectivity index (χ0n) is 7.14. The van der Waals surface area contributed by atoms with Crippen molar-refractivity contribution in [1.29, 1.82) is 0 Å². The summed E-state index contributed by atoms with van der Waals surface area (Å²) in [5.41, 5.74) is 4.93. The van der Waals surface area contributed by atoms with Gasteiger partial charge in [-0.05, 0) is 0 Å². The molecule has 1 rings (SSSR count). The van der Waals surface area contributed by atoms with Crippen LogP contribution in [0.5, 0.6) is 5.88 Å². The quantitative estimate of drug-likeness (QED) is 0.600. The molecule has 0 atom stereocenters. The average molecular weight is 218 g/mol. The van der Waals surface area contributed by atoms with Gasteiger partial charge >= 0.3 is 5.69 Å². The van der Waals surface area contributed by atoms with Crippen molar-refractivity contribution in [1.82, 2.24) is 4.98 Å². The lowest BCUT2D eigenvalue weighted by molar-refractivity contribution is -0.386. The maximum atomic E-state index is 10.5. The van der Waals surface area contributed by atoms with Crippen molar-refractivity contribution >= 4 is 17.3 Å². The number of ether oxygens (including phenoxy) is 1. The van der Waals surface area contributed by atoms with Gasteiger partial charge in [-0.2, -0.15) is 0 Å². The molecule has 0 saturated carbocycles. The molecule has 2 N–H and O–H groups in total. The summed E-state index contributed by atoms with van der Waals surface area (Å²) in [4.78, 5) is 13.6. The molecule has 0 saturated heterocycles. The summed E-state index contributed by atoms with van der Waals surface area (Å²) in [6, 6.07) is 1.18. The van der Waals surface area contributed by atoms with Crippen molar-refractivity contribution in [3.05, 3.63) is 27.4 Å². The highest BCUT2D eigenvalue weighted by Crippen LogP contribution is 2.26. The Hall–Kier alpha value is -1.40. The Morgan fingerprint density at radius 2 is 2.43 bits per heavy atom. The molecule has 0 radical (unpaired) electrons. The Balaban J connectivity index is 2.96. The van der Waals surface area contributed by atoms with Gasteiger partial charge < -0.3 is 10.5 Å². The number of nitrogens with two attached hydrogens (primary N) is 1. The van der Waals surface area contributed by atoms with Crippen LogP contribution in [0.4, 0.5) is 5.69 Å². The van der Waals surface area contributed by atoms with Crippen LogP contribution in [0.3, 0.4) is 0 Å². The largest absolute Gasteiger partial charge is 0.471 e. The van der Waals surface area contributed by atoms with E-state index in [1.165, 1.54) is 12.3 Å². The fourth-order valence-electron chi connectivity index (χ4n) is 0.814. The molecule has 0 unspecified atom stereocenters. The second-order valence-electron chi connectivity index (χ2n) is 2.37. The zero-order chi connectivity index (χ0) is 10.6. The molecule has 76 valence electrons. The Labute approximate surface area is 84.8 Å². The van der Waals surface area contributed by atoms with Gasteiger partial charge in [0, 0.05) is 12.6 Å². The molecule has 1 heterocycles. The molecule has 0 aliphatic rings. The molecular weight excluding hydrogens is 210 g/mol. The fourth-order valence-corrected chi connectivity index (χ4v) is 0.966. The lowest BCUT2D eigenvalue weighted by Crippen LogP contribution is -2.12. The minimum Gasteiger partial charge on any atom is -0.471 e. The molecule has 0 aliphatic carbocycles. The summed E-state index contributed by atoms with van der Waals surface area (Å²) in [6.07, 6.45) is 1.28. The van der Waals surface area contributed by atoms with Crippen LogP contribution in [0.15, 0.2) is 12.3 Å². The number of nitrogens with zero attached hydrogens (tertiary/aromatic N) is 2. The van der Waals surface area contributed by atoms with E-state index < -0.39 is 4.92 Å². The SMILES string of the molecule is NCCOc1ncc(Cl)cc1[N+](=O)[O-]. The minimum atomic E-state index is -0.606. The molecule has 1 aromatic heterocycles. The minimum absolute atomic E-state index is 0.0650. The third-order valence-corrected chi connectivity index (χ3v) is 1.56. The Kier molecular flexibility index (Phi) is 3.61. The van der Waals surface area contributed by atoms with Crippen molar-refractivity contribution in [2.24, 2.45) is 5.73 Å². The Morgan fingerprint density at radius 1 is 1.71 bits per heavy atom. The molecule has 0 spiro atoms. The van der Waals surface area contributed by atoms with Crippen LogP contribution >= 0.6 is 11.6 Å². The first-order chi connectivity index (χ1) is 6.65. The summed E-state index contributed by atoms with van der Waals surface area (Å²) in [7, 11) is 0. The molecule has 0 aliphatic heterocycles. The molecule has 0 amide bonds. The van der Waals surface area contributed by atoms with Gasteiger partial charge in [-0.3, -0.25) is 10.1 Å². The highest BCUT2D eigenvalue weighted by atomic mass is 35.5. The molecular formula is C7H8ClN3O3. The monoisotopic (exact) mass is 217 g/mol. The summed E-state index contributed by atoms with van der Waals surface area (Å²) in [5, 5.41) is 10.7. The first kappa shape index (κ1) is 10.7. The van der Waals surface area contributed by atoms with Gasteiger partial charge in [-0.1, -0.05) is 11.6 Å². The fraction of sp³-hybridized carbons (Fsp3) is 0.286. The van der Waals surface area contributed by atoms with E-state index in [1.54, 1.807) is 0 Å². The predicted molar refractivity (Wildman–Crippen MR) is 50.5 cm³/mol. The summed E-state index contributed by atoms with van der Waals surface area (Å²) in [6.45, 7) is 0.441. The van der Waals surface area contributed by atoms with Crippen LogP contribution in [-0.2, 0) is 0 Å². The number of hydrogen-bond donors (Lipinski definition) is 1. The smallest absolute Gasteiger partial charge is 0.332 e. The molecule has 1 aromatic rings. The topological polar surface area (TPSA) is 91.3 Å². The molecule has 0 bridgehead atoms. The van der Waals surface area contributed by atoms with E-state index in [0.717, 1.165) is 0 Å². The van der Waals surface area contributed by atoms with Crippen molar-refractivity contribution in [2.45, 2.75) is 0 Å². The molecule has 0 aromatic carbocycles. The van der Waals surface area contributed by atoms with Gasteiger partial charge in [0.25, 0.3) is 5.88 Å². The Bertz CT molecular complexity index is 345. The average Bonchev–Trinajstić information content (AvgIpc) is 2.15. The first-order valence-corrected chi connectivity index (χ1v) is 4.15. The standard InChI is InChI=1S/C7H8ClN3O3/c8-5-3-6(11(12)13)7(10-4-5)14-2-1-9/h3-4H,1-2,9H2. The van der Waals surface area contributed by atoms with Gasteiger partial charge in [-0.15, -0.1) is 0 Å². The van der Waals surface area contributed by atoms with Gasteiger partial charge in [-0.25, -0.2) is 4.98 Å². The maximum Gasteiger partial charge on any atom is 0.332 e. The van der Waals surface area contributed by atoms with Crippen LogP contribution in [0.2, 0.25) is 5.02 Å². The third-order valence-electron chi connectivity index (χ3n) is 1.35. The highest BCUT2D eigenvalue weighted by Gasteiger charge is 2.16. The van der Waals surface area contributed by atoms with Crippen molar-refractivity contribution in [3.63, 3.8) is 0 Å². The highest BCUT2D eigenvalue weighted by molar-refractivity contribution is 6.30. The van der Waals surface area contributed by atoms with Gasteiger partial charge in [0.2, 0.25) is 0 Å². The van der Waals surface area contributed by atoms with E-state index in [1.807, 2.05) is 0 Å². The van der Waals surface area contributed by atoms with Crippen molar-refractivity contribution in [2.75, 3.05) is 13.2 Å². The summed E-state index contributed by atoms with van der Waals surface area (Å²) >= 11 is 5.55. The van der Waals surface area contributed by atoms with Gasteiger partial charge in [0.1, 0.15) is 6.61 Å². The molecule has 7 heteroatoms. The normalized spacial score (nSPS) is 9.86. The van der Waals surface area contributed by atoms with E-state index in [4.69, 9.17) is 22.1 Å². The number of halogens is 1. The first-order valence-electron chi connectivity index (χ1n) is 3.78. The van der Waals surface area contributed by atoms with Crippen molar-refractivity contribution in [3.8, 4) is 5.88 Å². The summed E-state index contributed by atoms with van der Waals surface area (Å²) < 4.78 is 4.97. The number of aromatic nitrogens is 1. The third kappa shape index (κ3) is 2.54. The van der Waals surface area contributed by atoms with Crippen LogP contribution in [0.25, 0.3) is 0 Å². The van der Waals surface area contributed by atoms with Crippen molar-refractivity contribution < 1.29 is 9.66 Å². The zero-order valence-corrected chi connectivity index (χ0v) is 7.90. The van der Waals surface area contributed by atoms with Gasteiger partial charge in [0.15, 0.2) is 0 Å². The van der Waals surface area contributed by atoms with Crippen LogP contribution in [0, 0.1) is 10.1 Å². The van der Waals surface area contributed by atoms with E-state index in [9.17, 15) is 10.1 Å². The Morgan fingerprint density at radius 3 is 3.00 bits per heavy atom. The lowest BCUT2D eigenvalue weighted by atomic mass is 10.4. The van der Waals surface area contributed by atoms with Gasteiger partial charge in [0.05, 0.1) is 16.1 Å². The van der Waals surface area contributed by atoms with E-state index in [2.05, 4.69) is 4.98 Å². The number of hydrogen-bond acceptors (Lipinski definition) is 5. The summed E-state index contributed by atoms with van der Waals surface area (Å²) in [5.74, 6) is -0.0650. The maximum absolute atomic E-state index is 10.5. The van der Waals surface area contributed by atoms with Crippen LogP contribution in [0.1, 0.15) is 0 Å². The number of pyridine rings is 1. The molecule has 14 heavy (non-hydrogen) atoms. The second-order valence-corrected chi connectivity index (χ2v) is 2.81. The second kappa shape index (κ2) is 4.73. The molecule has 0 fully saturated rings. The van der Waals surface area contributed by atoms with E-state index >= 15 is 0 Å². The predicted octanol–water partition coefficient (Wildman–Crippen LogP) is 0.981. The van der Waals surface area contributed by atoms with Crippen LogP contribution in [-0.4, -0.2) is 23.1 Å². The number of nitro groups is 1. The van der Waals surface area contributed by atoms with E-state index in [0.29, 0.717) is 0 Å². The molecule has 6 nitrogen and oxygen atoms in total. The van der Waals surface area contributed by atoms with Crippen LogP contribution < -0.4 is 10.5 Å². The van der Waals surface area contributed by atoms with E-state index in [-0.39, 0.29) is 29.7 Å².